The summed E-state index contributed by atoms with van der Waals surface area (Å²) in [6, 6.07) is 4.87. The number of phenolic OH excluding ortho intramolecular Hbond substituents is 1. The zero-order valence-electron chi connectivity index (χ0n) is 9.87. The van der Waals surface area contributed by atoms with Gasteiger partial charge < -0.3 is 10.4 Å². The Kier molecular flexibility index (Phi) is 4.11. The molecule has 0 unspecified atom stereocenters. The van der Waals surface area contributed by atoms with Gasteiger partial charge in [-0.05, 0) is 44.0 Å². The zero-order chi connectivity index (χ0) is 12.1. The maximum atomic E-state index is 11.7. The lowest BCUT2D eigenvalue weighted by Crippen LogP contribution is -2.13. The third-order valence-electron chi connectivity index (χ3n) is 2.33. The van der Waals surface area contributed by atoms with Gasteiger partial charge in [0, 0.05) is 11.3 Å². The molecule has 0 aliphatic rings. The first kappa shape index (κ1) is 12.3. The van der Waals surface area contributed by atoms with Crippen LogP contribution in [0.15, 0.2) is 29.8 Å². The van der Waals surface area contributed by atoms with E-state index in [4.69, 9.17) is 0 Å². The SMILES string of the molecule is CCC=C(C)C(=O)Nc1ccc(O)cc1C. The molecule has 0 radical (unpaired) electrons. The molecule has 0 aliphatic heterocycles. The molecule has 16 heavy (non-hydrogen) atoms. The minimum atomic E-state index is -0.101. The van der Waals surface area contributed by atoms with Gasteiger partial charge in [-0.25, -0.2) is 0 Å². The lowest BCUT2D eigenvalue weighted by atomic mass is 10.1. The van der Waals surface area contributed by atoms with E-state index in [1.54, 1.807) is 25.1 Å². The van der Waals surface area contributed by atoms with Crippen LogP contribution in [0.1, 0.15) is 25.8 Å². The summed E-state index contributed by atoms with van der Waals surface area (Å²) in [5, 5.41) is 12.0. The molecule has 1 rings (SSSR count). The zero-order valence-corrected chi connectivity index (χ0v) is 9.87. The van der Waals surface area contributed by atoms with E-state index in [0.717, 1.165) is 17.7 Å². The molecule has 0 aromatic heterocycles. The van der Waals surface area contributed by atoms with Gasteiger partial charge in [0.15, 0.2) is 0 Å². The van der Waals surface area contributed by atoms with Gasteiger partial charge in [0.1, 0.15) is 5.75 Å². The van der Waals surface area contributed by atoms with Crippen LogP contribution < -0.4 is 5.32 Å². The van der Waals surface area contributed by atoms with E-state index in [1.807, 2.05) is 19.9 Å². The molecule has 2 N–H and O–H groups in total. The van der Waals surface area contributed by atoms with Crippen molar-refractivity contribution in [1.82, 2.24) is 0 Å². The van der Waals surface area contributed by atoms with Crippen molar-refractivity contribution >= 4 is 11.6 Å². The van der Waals surface area contributed by atoms with Gasteiger partial charge in [-0.15, -0.1) is 0 Å². The van der Waals surface area contributed by atoms with Crippen molar-refractivity contribution in [3.05, 3.63) is 35.4 Å². The van der Waals surface area contributed by atoms with Crippen LogP contribution in [0.5, 0.6) is 5.75 Å². The van der Waals surface area contributed by atoms with Gasteiger partial charge >= 0.3 is 0 Å². The summed E-state index contributed by atoms with van der Waals surface area (Å²) in [6.45, 7) is 5.62. The van der Waals surface area contributed by atoms with Crippen molar-refractivity contribution in [2.45, 2.75) is 27.2 Å². The number of phenols is 1. The van der Waals surface area contributed by atoms with E-state index in [1.165, 1.54) is 0 Å². The van der Waals surface area contributed by atoms with Crippen molar-refractivity contribution in [3.63, 3.8) is 0 Å². The number of carbonyl (C=O) groups excluding carboxylic acids is 1. The number of benzene rings is 1. The third kappa shape index (κ3) is 3.12. The number of hydrogen-bond donors (Lipinski definition) is 2. The van der Waals surface area contributed by atoms with Gasteiger partial charge in [-0.2, -0.15) is 0 Å². The highest BCUT2D eigenvalue weighted by atomic mass is 16.3. The monoisotopic (exact) mass is 219 g/mol. The average molecular weight is 219 g/mol. The van der Waals surface area contributed by atoms with Crippen LogP contribution in [0.4, 0.5) is 5.69 Å². The summed E-state index contributed by atoms with van der Waals surface area (Å²) in [5.41, 5.74) is 2.28. The highest BCUT2D eigenvalue weighted by Crippen LogP contribution is 2.20. The first-order valence-electron chi connectivity index (χ1n) is 5.32. The predicted molar refractivity (Wildman–Crippen MR) is 65.5 cm³/mol. The summed E-state index contributed by atoms with van der Waals surface area (Å²) in [6.07, 6.45) is 2.72. The molecule has 0 bridgehead atoms. The molecule has 3 heteroatoms. The maximum absolute atomic E-state index is 11.7. The second-order valence-electron chi connectivity index (χ2n) is 3.75. The highest BCUT2D eigenvalue weighted by Gasteiger charge is 2.06. The fourth-order valence-corrected chi connectivity index (χ4v) is 1.41. The third-order valence-corrected chi connectivity index (χ3v) is 2.33. The van der Waals surface area contributed by atoms with E-state index in [-0.39, 0.29) is 11.7 Å². The van der Waals surface area contributed by atoms with Crippen LogP contribution in [-0.4, -0.2) is 11.0 Å². The lowest BCUT2D eigenvalue weighted by molar-refractivity contribution is -0.112. The standard InChI is InChI=1S/C13H17NO2/c1-4-5-9(2)13(16)14-12-7-6-11(15)8-10(12)3/h5-8,15H,4H2,1-3H3,(H,14,16). The lowest BCUT2D eigenvalue weighted by Gasteiger charge is -2.08. The van der Waals surface area contributed by atoms with Crippen molar-refractivity contribution < 1.29 is 9.90 Å². The number of allylic oxidation sites excluding steroid dienone is 1. The number of hydrogen-bond acceptors (Lipinski definition) is 2. The molecule has 0 heterocycles. The predicted octanol–water partition coefficient (Wildman–Crippen LogP) is 3.00. The molecule has 86 valence electrons. The van der Waals surface area contributed by atoms with E-state index >= 15 is 0 Å². The molecule has 1 amide bonds. The van der Waals surface area contributed by atoms with E-state index < -0.39 is 0 Å². The van der Waals surface area contributed by atoms with Crippen LogP contribution in [0.25, 0.3) is 0 Å². The first-order chi connectivity index (χ1) is 7.54. The van der Waals surface area contributed by atoms with E-state index in [2.05, 4.69) is 5.32 Å². The van der Waals surface area contributed by atoms with Crippen molar-refractivity contribution in [2.75, 3.05) is 5.32 Å². The number of aromatic hydroxyl groups is 1. The van der Waals surface area contributed by atoms with Gasteiger partial charge in [0.25, 0.3) is 5.91 Å². The number of aryl methyl sites for hydroxylation is 1. The molecule has 0 saturated carbocycles. The van der Waals surface area contributed by atoms with Crippen molar-refractivity contribution in [1.29, 1.82) is 0 Å². The van der Waals surface area contributed by atoms with Crippen LogP contribution in [0.3, 0.4) is 0 Å². The first-order valence-corrected chi connectivity index (χ1v) is 5.32. The summed E-state index contributed by atoms with van der Waals surface area (Å²) >= 11 is 0. The number of amides is 1. The number of carbonyl (C=O) groups is 1. The van der Waals surface area contributed by atoms with Gasteiger partial charge in [0.2, 0.25) is 0 Å². The summed E-state index contributed by atoms with van der Waals surface area (Å²) < 4.78 is 0. The highest BCUT2D eigenvalue weighted by molar-refractivity contribution is 6.03. The topological polar surface area (TPSA) is 49.3 Å². The number of nitrogens with one attached hydrogen (secondary N) is 1. The normalized spacial score (nSPS) is 11.3. The van der Waals surface area contributed by atoms with E-state index in [0.29, 0.717) is 5.57 Å². The van der Waals surface area contributed by atoms with Crippen LogP contribution in [-0.2, 0) is 4.79 Å². The van der Waals surface area contributed by atoms with Crippen LogP contribution >= 0.6 is 0 Å². The average Bonchev–Trinajstić information content (AvgIpc) is 2.22. The second-order valence-corrected chi connectivity index (χ2v) is 3.75. The smallest absolute Gasteiger partial charge is 0.250 e. The minimum Gasteiger partial charge on any atom is -0.508 e. The Labute approximate surface area is 95.8 Å². The van der Waals surface area contributed by atoms with Crippen molar-refractivity contribution in [2.24, 2.45) is 0 Å². The molecule has 0 atom stereocenters. The van der Waals surface area contributed by atoms with Crippen molar-refractivity contribution in [3.8, 4) is 5.75 Å². The Morgan fingerprint density at radius 2 is 2.19 bits per heavy atom. The quantitative estimate of drug-likeness (QED) is 0.606. The number of rotatable bonds is 3. The fourth-order valence-electron chi connectivity index (χ4n) is 1.41. The molecule has 1 aromatic rings. The van der Waals surface area contributed by atoms with Crippen LogP contribution in [0.2, 0.25) is 0 Å². The Morgan fingerprint density at radius 3 is 2.75 bits per heavy atom. The Bertz CT molecular complexity index is 422. The Morgan fingerprint density at radius 1 is 1.50 bits per heavy atom. The van der Waals surface area contributed by atoms with Crippen LogP contribution in [0, 0.1) is 6.92 Å². The molecule has 1 aromatic carbocycles. The summed E-state index contributed by atoms with van der Waals surface area (Å²) in [7, 11) is 0. The maximum Gasteiger partial charge on any atom is 0.250 e. The van der Waals surface area contributed by atoms with E-state index in [9.17, 15) is 9.90 Å². The molecular weight excluding hydrogens is 202 g/mol. The second kappa shape index (κ2) is 5.35. The molecular formula is C13H17NO2. The van der Waals surface area contributed by atoms with Gasteiger partial charge in [-0.3, -0.25) is 4.79 Å². The van der Waals surface area contributed by atoms with Gasteiger partial charge in [-0.1, -0.05) is 13.0 Å². The fraction of sp³-hybridized carbons (Fsp3) is 0.308. The number of anilines is 1. The molecule has 0 fully saturated rings. The summed E-state index contributed by atoms with van der Waals surface area (Å²) in [5.74, 6) is 0.104. The minimum absolute atomic E-state index is 0.101. The molecule has 0 spiro atoms. The summed E-state index contributed by atoms with van der Waals surface area (Å²) in [4.78, 5) is 11.7. The Balaban J connectivity index is 2.81. The molecule has 3 nitrogen and oxygen atoms in total. The Hall–Kier alpha value is -1.77. The largest absolute Gasteiger partial charge is 0.508 e. The van der Waals surface area contributed by atoms with Gasteiger partial charge in [0.05, 0.1) is 0 Å². The molecule has 0 saturated heterocycles. The molecule has 0 aliphatic carbocycles.